The van der Waals surface area contributed by atoms with Gasteiger partial charge in [-0.3, -0.25) is 4.79 Å². The first-order valence-electron chi connectivity index (χ1n) is 11.2. The van der Waals surface area contributed by atoms with Gasteiger partial charge in [-0.2, -0.15) is 13.2 Å². The number of carboxylic acids is 2. The van der Waals surface area contributed by atoms with Crippen molar-refractivity contribution in [2.45, 2.75) is 12.6 Å². The van der Waals surface area contributed by atoms with Crippen molar-refractivity contribution in [2.75, 3.05) is 23.3 Å². The van der Waals surface area contributed by atoms with Crippen LogP contribution in [0.2, 0.25) is 5.02 Å². The standard InChI is InChI=1S/C25H21ClN2O3.C2HF3O2/c26-20-8-6-19(7-9-20)24(29)27-21-10-11-23(22(16-21)25(30)31)28-14-12-18(13-15-28)17-4-2-1-3-5-17;3-2(4,5)1(6)7/h1-12,16H,13-15H2,(H,27,29)(H,30,31);(H,6,7). The van der Waals surface area contributed by atoms with Crippen LogP contribution in [-0.2, 0) is 4.79 Å². The maximum Gasteiger partial charge on any atom is 0.490 e. The van der Waals surface area contributed by atoms with Crippen LogP contribution in [0.1, 0.15) is 32.7 Å². The lowest BCUT2D eigenvalue weighted by Crippen LogP contribution is -2.29. The second kappa shape index (κ2) is 12.3. The van der Waals surface area contributed by atoms with E-state index >= 15 is 0 Å². The molecular formula is C27H22ClF3N2O5. The SMILES string of the molecule is O=C(Nc1ccc(N2CC=C(c3ccccc3)CC2)c(C(=O)O)c1)c1ccc(Cl)cc1.O=C(O)C(F)(F)F. The molecule has 1 aliphatic rings. The summed E-state index contributed by atoms with van der Waals surface area (Å²) in [5, 5.41) is 20.2. The molecule has 3 aromatic carbocycles. The monoisotopic (exact) mass is 546 g/mol. The van der Waals surface area contributed by atoms with Gasteiger partial charge < -0.3 is 20.4 Å². The van der Waals surface area contributed by atoms with Crippen LogP contribution in [0.3, 0.4) is 0 Å². The highest BCUT2D eigenvalue weighted by Gasteiger charge is 2.38. The zero-order valence-electron chi connectivity index (χ0n) is 19.7. The number of nitrogens with one attached hydrogen (secondary N) is 1. The van der Waals surface area contributed by atoms with Gasteiger partial charge in [-0.05, 0) is 60.0 Å². The van der Waals surface area contributed by atoms with Gasteiger partial charge in [-0.15, -0.1) is 0 Å². The quantitative estimate of drug-likeness (QED) is 0.351. The molecule has 0 spiro atoms. The summed E-state index contributed by atoms with van der Waals surface area (Å²) in [4.78, 5) is 35.3. The molecule has 1 aliphatic heterocycles. The first kappa shape index (κ1) is 28.3. The number of benzene rings is 3. The summed E-state index contributed by atoms with van der Waals surface area (Å²) in [6, 6.07) is 21.7. The number of rotatable bonds is 5. The molecular weight excluding hydrogens is 525 g/mol. The van der Waals surface area contributed by atoms with Gasteiger partial charge in [0.05, 0.1) is 11.3 Å². The van der Waals surface area contributed by atoms with Gasteiger partial charge in [-0.1, -0.05) is 48.0 Å². The number of carboxylic acid groups (broad SMARTS) is 2. The molecule has 0 fully saturated rings. The third kappa shape index (κ3) is 7.59. The van der Waals surface area contributed by atoms with E-state index in [1.165, 1.54) is 17.2 Å². The van der Waals surface area contributed by atoms with Gasteiger partial charge in [0.25, 0.3) is 5.91 Å². The van der Waals surface area contributed by atoms with Crippen LogP contribution in [0, 0.1) is 0 Å². The predicted octanol–water partition coefficient (Wildman–Crippen LogP) is 6.22. The number of anilines is 2. The van der Waals surface area contributed by atoms with Gasteiger partial charge in [0.2, 0.25) is 0 Å². The number of carbonyl (C=O) groups is 3. The molecule has 0 saturated carbocycles. The number of halogens is 4. The Morgan fingerprint density at radius 2 is 1.55 bits per heavy atom. The molecule has 1 heterocycles. The van der Waals surface area contributed by atoms with Gasteiger partial charge in [0.15, 0.2) is 0 Å². The molecule has 1 amide bonds. The summed E-state index contributed by atoms with van der Waals surface area (Å²) in [5.41, 5.74) is 4.13. The van der Waals surface area contributed by atoms with E-state index in [0.29, 0.717) is 28.5 Å². The average molecular weight is 547 g/mol. The highest BCUT2D eigenvalue weighted by atomic mass is 35.5. The second-order valence-electron chi connectivity index (χ2n) is 8.09. The Balaban J connectivity index is 0.000000505. The first-order valence-corrected chi connectivity index (χ1v) is 11.6. The molecule has 11 heteroatoms. The van der Waals surface area contributed by atoms with E-state index < -0.39 is 18.1 Å². The normalized spacial score (nSPS) is 13.1. The lowest BCUT2D eigenvalue weighted by atomic mass is 9.98. The first-order chi connectivity index (χ1) is 18.0. The van der Waals surface area contributed by atoms with E-state index in [1.54, 1.807) is 36.4 Å². The van der Waals surface area contributed by atoms with Crippen LogP contribution in [0.5, 0.6) is 0 Å². The van der Waals surface area contributed by atoms with Gasteiger partial charge in [-0.25, -0.2) is 9.59 Å². The fraction of sp³-hybridized carbons (Fsp3) is 0.148. The highest BCUT2D eigenvalue weighted by molar-refractivity contribution is 6.30. The summed E-state index contributed by atoms with van der Waals surface area (Å²) in [7, 11) is 0. The Morgan fingerprint density at radius 3 is 2.08 bits per heavy atom. The Bertz CT molecular complexity index is 1340. The molecule has 0 aliphatic carbocycles. The number of aliphatic carboxylic acids is 1. The van der Waals surface area contributed by atoms with Crippen LogP contribution >= 0.6 is 11.6 Å². The van der Waals surface area contributed by atoms with Crippen molar-refractivity contribution < 1.29 is 37.8 Å². The maximum absolute atomic E-state index is 12.4. The van der Waals surface area contributed by atoms with Crippen LogP contribution in [-0.4, -0.2) is 47.3 Å². The zero-order chi connectivity index (χ0) is 27.9. The fourth-order valence-corrected chi connectivity index (χ4v) is 3.79. The van der Waals surface area contributed by atoms with Crippen LogP contribution in [0.4, 0.5) is 24.5 Å². The predicted molar refractivity (Wildman–Crippen MR) is 138 cm³/mol. The van der Waals surface area contributed by atoms with E-state index in [4.69, 9.17) is 21.5 Å². The van der Waals surface area contributed by atoms with E-state index in [9.17, 15) is 27.9 Å². The molecule has 3 aromatic rings. The molecule has 0 bridgehead atoms. The van der Waals surface area contributed by atoms with Crippen molar-refractivity contribution in [1.82, 2.24) is 0 Å². The minimum atomic E-state index is -5.08. The topological polar surface area (TPSA) is 107 Å². The summed E-state index contributed by atoms with van der Waals surface area (Å²) in [6.45, 7) is 1.35. The van der Waals surface area contributed by atoms with Crippen molar-refractivity contribution in [3.05, 3.63) is 101 Å². The van der Waals surface area contributed by atoms with Crippen molar-refractivity contribution in [2.24, 2.45) is 0 Å². The Labute approximate surface area is 220 Å². The summed E-state index contributed by atoms with van der Waals surface area (Å²) >= 11 is 5.86. The smallest absolute Gasteiger partial charge is 0.478 e. The number of nitrogens with zero attached hydrogens (tertiary/aromatic N) is 1. The minimum absolute atomic E-state index is 0.158. The molecule has 4 rings (SSSR count). The number of hydrogen-bond acceptors (Lipinski definition) is 4. The molecule has 0 unspecified atom stereocenters. The molecule has 198 valence electrons. The Morgan fingerprint density at radius 1 is 0.921 bits per heavy atom. The van der Waals surface area contributed by atoms with Crippen LogP contribution in [0.25, 0.3) is 5.57 Å². The number of amides is 1. The fourth-order valence-electron chi connectivity index (χ4n) is 3.67. The summed E-state index contributed by atoms with van der Waals surface area (Å²) < 4.78 is 31.7. The van der Waals surface area contributed by atoms with Crippen molar-refractivity contribution in [3.63, 3.8) is 0 Å². The van der Waals surface area contributed by atoms with E-state index in [2.05, 4.69) is 23.5 Å². The summed E-state index contributed by atoms with van der Waals surface area (Å²) in [6.07, 6.45) is -2.11. The lowest BCUT2D eigenvalue weighted by molar-refractivity contribution is -0.192. The zero-order valence-corrected chi connectivity index (χ0v) is 20.5. The lowest BCUT2D eigenvalue weighted by Gasteiger charge is -2.30. The van der Waals surface area contributed by atoms with Crippen molar-refractivity contribution in [1.29, 1.82) is 0 Å². The molecule has 3 N–H and O–H groups in total. The molecule has 0 aromatic heterocycles. The van der Waals surface area contributed by atoms with Crippen molar-refractivity contribution in [3.8, 4) is 0 Å². The second-order valence-corrected chi connectivity index (χ2v) is 8.53. The molecule has 0 atom stereocenters. The average Bonchev–Trinajstić information content (AvgIpc) is 2.89. The third-order valence-corrected chi connectivity index (χ3v) is 5.78. The summed E-state index contributed by atoms with van der Waals surface area (Å²) in [5.74, 6) is -4.11. The van der Waals surface area contributed by atoms with E-state index in [0.717, 1.165) is 13.0 Å². The number of carbonyl (C=O) groups excluding carboxylic acids is 1. The highest BCUT2D eigenvalue weighted by Crippen LogP contribution is 2.30. The molecule has 7 nitrogen and oxygen atoms in total. The molecule has 0 saturated heterocycles. The van der Waals surface area contributed by atoms with Gasteiger partial charge in [0, 0.05) is 29.4 Å². The number of hydrogen-bond donors (Lipinski definition) is 3. The van der Waals surface area contributed by atoms with Crippen molar-refractivity contribution >= 4 is 46.4 Å². The van der Waals surface area contributed by atoms with Gasteiger partial charge >= 0.3 is 18.1 Å². The Kier molecular flexibility index (Phi) is 9.14. The largest absolute Gasteiger partial charge is 0.490 e. The molecule has 0 radical (unpaired) electrons. The third-order valence-electron chi connectivity index (χ3n) is 5.53. The molecule has 38 heavy (non-hydrogen) atoms. The van der Waals surface area contributed by atoms with E-state index in [-0.39, 0.29) is 11.5 Å². The Hall–Kier alpha value is -4.31. The maximum atomic E-state index is 12.4. The van der Waals surface area contributed by atoms with Crippen LogP contribution in [0.15, 0.2) is 78.9 Å². The minimum Gasteiger partial charge on any atom is -0.478 e. The van der Waals surface area contributed by atoms with Gasteiger partial charge in [0.1, 0.15) is 0 Å². The van der Waals surface area contributed by atoms with E-state index in [1.807, 2.05) is 23.1 Å². The number of aromatic carboxylic acids is 1. The number of alkyl halides is 3. The van der Waals surface area contributed by atoms with Crippen LogP contribution < -0.4 is 10.2 Å².